The highest BCUT2D eigenvalue weighted by atomic mass is 16.7. The molecule has 1 aliphatic heterocycles. The van der Waals surface area contributed by atoms with Gasteiger partial charge in [-0.2, -0.15) is 0 Å². The Labute approximate surface area is 221 Å². The zero-order valence-electron chi connectivity index (χ0n) is 23.4. The maximum Gasteiger partial charge on any atom is 0.163 e. The van der Waals surface area contributed by atoms with Gasteiger partial charge in [0.05, 0.1) is 35.4 Å². The average Bonchev–Trinajstić information content (AvgIpc) is 3.11. The van der Waals surface area contributed by atoms with E-state index in [2.05, 4.69) is 19.0 Å². The maximum absolute atomic E-state index is 12.5. The number of aliphatic hydroxyl groups is 1. The zero-order valence-corrected chi connectivity index (χ0v) is 23.4. The Morgan fingerprint density at radius 1 is 1.05 bits per heavy atom. The molecule has 4 aliphatic carbocycles. The third-order valence-electron chi connectivity index (χ3n) is 11.0. The van der Waals surface area contributed by atoms with Gasteiger partial charge in [-0.05, 0) is 70.6 Å². The molecule has 5 rings (SSSR count). The standard InChI is InChI=1S/C28H47NO8/c1-18-11-22-27(15-35-24(2,3)37-22)23-20(8-9-26(27,30)12-18)28(36-17-33-6)10-7-19(14-29-31)25(28,4)13-21(23)34-16-32-5/h14,18-23,30-31H,7-13,15-17H2,1-6H3/b29-14+/t18-,19+,20?,21+,22+,23?,25+,26-,27+,28-/m0/s1. The number of fused-ring (bicyclic) bond motifs is 3. The van der Waals surface area contributed by atoms with Crippen molar-refractivity contribution in [2.24, 2.45) is 39.7 Å². The fourth-order valence-electron chi connectivity index (χ4n) is 9.69. The number of hydrogen-bond acceptors (Lipinski definition) is 9. The van der Waals surface area contributed by atoms with E-state index < -0.39 is 22.4 Å². The summed E-state index contributed by atoms with van der Waals surface area (Å²) in [6.07, 6.45) is 6.72. The van der Waals surface area contributed by atoms with Gasteiger partial charge in [0.1, 0.15) is 13.6 Å². The molecule has 0 aromatic carbocycles. The molecule has 10 atom stereocenters. The van der Waals surface area contributed by atoms with Gasteiger partial charge < -0.3 is 38.7 Å². The molecule has 2 unspecified atom stereocenters. The molecule has 212 valence electrons. The Bertz CT molecular complexity index is 869. The summed E-state index contributed by atoms with van der Waals surface area (Å²) < 4.78 is 37.3. The number of nitrogens with zero attached hydrogens (tertiary/aromatic N) is 1. The van der Waals surface area contributed by atoms with E-state index in [1.54, 1.807) is 20.4 Å². The summed E-state index contributed by atoms with van der Waals surface area (Å²) in [4.78, 5) is 0. The van der Waals surface area contributed by atoms with E-state index >= 15 is 0 Å². The lowest BCUT2D eigenvalue weighted by molar-refractivity contribution is -0.405. The molecule has 0 bridgehead atoms. The first-order valence-electron chi connectivity index (χ1n) is 14.0. The monoisotopic (exact) mass is 525 g/mol. The van der Waals surface area contributed by atoms with Crippen LogP contribution < -0.4 is 0 Å². The predicted octanol–water partition coefficient (Wildman–Crippen LogP) is 3.94. The molecule has 1 heterocycles. The fraction of sp³-hybridized carbons (Fsp3) is 0.964. The highest BCUT2D eigenvalue weighted by Gasteiger charge is 2.77. The first-order chi connectivity index (χ1) is 17.5. The van der Waals surface area contributed by atoms with Crippen molar-refractivity contribution in [3.63, 3.8) is 0 Å². The molecular weight excluding hydrogens is 478 g/mol. The summed E-state index contributed by atoms with van der Waals surface area (Å²) in [6, 6.07) is 0. The molecule has 0 aromatic heterocycles. The second-order valence-electron chi connectivity index (χ2n) is 13.2. The molecule has 5 fully saturated rings. The number of methoxy groups -OCH3 is 2. The SMILES string of the molecule is COCO[C@@H]1C[C@]2(C)[C@@H](/C=N/O)CC[C@]2(OCOC)C2CC[C@]3(O)C[C@@H](C)C[C@H]4OC(C)(C)OC[C@]43C21. The summed E-state index contributed by atoms with van der Waals surface area (Å²) in [6.45, 7) is 9.16. The molecule has 9 nitrogen and oxygen atoms in total. The van der Waals surface area contributed by atoms with Gasteiger partial charge in [-0.3, -0.25) is 0 Å². The third-order valence-corrected chi connectivity index (χ3v) is 11.0. The fourth-order valence-corrected chi connectivity index (χ4v) is 9.69. The minimum absolute atomic E-state index is 0.0298. The van der Waals surface area contributed by atoms with E-state index in [1.807, 2.05) is 13.8 Å². The van der Waals surface area contributed by atoms with Gasteiger partial charge in [-0.25, -0.2) is 0 Å². The highest BCUT2D eigenvalue weighted by Crippen LogP contribution is 2.72. The summed E-state index contributed by atoms with van der Waals surface area (Å²) in [7, 11) is 3.29. The van der Waals surface area contributed by atoms with Gasteiger partial charge in [0, 0.05) is 37.7 Å². The normalized spacial score (nSPS) is 50.8. The Morgan fingerprint density at radius 2 is 1.81 bits per heavy atom. The van der Waals surface area contributed by atoms with Crippen LogP contribution in [0.1, 0.15) is 72.6 Å². The lowest BCUT2D eigenvalue weighted by Crippen LogP contribution is -2.78. The van der Waals surface area contributed by atoms with Gasteiger partial charge in [0.25, 0.3) is 0 Å². The zero-order chi connectivity index (χ0) is 26.7. The Morgan fingerprint density at radius 3 is 2.51 bits per heavy atom. The van der Waals surface area contributed by atoms with E-state index in [9.17, 15) is 10.3 Å². The van der Waals surface area contributed by atoms with Crippen LogP contribution in [-0.2, 0) is 28.4 Å². The molecule has 0 amide bonds. The first-order valence-corrected chi connectivity index (χ1v) is 14.0. The molecule has 9 heteroatoms. The molecule has 1 saturated heterocycles. The topological polar surface area (TPSA) is 108 Å². The smallest absolute Gasteiger partial charge is 0.163 e. The molecule has 1 spiro atoms. The molecule has 37 heavy (non-hydrogen) atoms. The van der Waals surface area contributed by atoms with Gasteiger partial charge in [0.2, 0.25) is 0 Å². The van der Waals surface area contributed by atoms with Crippen molar-refractivity contribution in [1.29, 1.82) is 0 Å². The summed E-state index contributed by atoms with van der Waals surface area (Å²) in [5.74, 6) is -0.333. The van der Waals surface area contributed by atoms with E-state index in [1.165, 1.54) is 0 Å². The Balaban J connectivity index is 1.67. The quantitative estimate of drug-likeness (QED) is 0.223. The van der Waals surface area contributed by atoms with Gasteiger partial charge >= 0.3 is 0 Å². The predicted molar refractivity (Wildman–Crippen MR) is 135 cm³/mol. The minimum atomic E-state index is -0.928. The lowest BCUT2D eigenvalue weighted by Gasteiger charge is -2.71. The Hall–Kier alpha value is -0.810. The number of rotatable bonds is 7. The second kappa shape index (κ2) is 9.68. The van der Waals surface area contributed by atoms with Gasteiger partial charge in [0.15, 0.2) is 5.79 Å². The summed E-state index contributed by atoms with van der Waals surface area (Å²) in [5, 5.41) is 25.5. The van der Waals surface area contributed by atoms with Gasteiger partial charge in [-0.1, -0.05) is 13.8 Å². The largest absolute Gasteiger partial charge is 0.411 e. The molecule has 0 aromatic rings. The van der Waals surface area contributed by atoms with Crippen molar-refractivity contribution < 1.29 is 38.7 Å². The van der Waals surface area contributed by atoms with Crippen molar-refractivity contribution >= 4 is 6.21 Å². The van der Waals surface area contributed by atoms with Crippen LogP contribution >= 0.6 is 0 Å². The van der Waals surface area contributed by atoms with Crippen LogP contribution in [0.3, 0.4) is 0 Å². The molecule has 4 saturated carbocycles. The number of hydrogen-bond donors (Lipinski definition) is 2. The summed E-state index contributed by atoms with van der Waals surface area (Å²) in [5.41, 5.74) is -2.44. The first kappa shape index (κ1) is 27.7. The van der Waals surface area contributed by atoms with E-state index in [-0.39, 0.29) is 49.0 Å². The third kappa shape index (κ3) is 3.94. The van der Waals surface area contributed by atoms with E-state index in [0.29, 0.717) is 25.4 Å². The maximum atomic E-state index is 12.5. The van der Waals surface area contributed by atoms with Crippen molar-refractivity contribution in [2.45, 2.75) is 102 Å². The van der Waals surface area contributed by atoms with Gasteiger partial charge in [-0.15, -0.1) is 5.16 Å². The average molecular weight is 526 g/mol. The van der Waals surface area contributed by atoms with Crippen LogP contribution in [0.5, 0.6) is 0 Å². The number of oxime groups is 1. The Kier molecular flexibility index (Phi) is 7.26. The number of ether oxygens (including phenoxy) is 6. The van der Waals surface area contributed by atoms with Crippen LogP contribution in [-0.4, -0.2) is 80.1 Å². The second-order valence-corrected chi connectivity index (χ2v) is 13.2. The van der Waals surface area contributed by atoms with Crippen molar-refractivity contribution in [3.05, 3.63) is 0 Å². The van der Waals surface area contributed by atoms with Crippen LogP contribution in [0.25, 0.3) is 0 Å². The summed E-state index contributed by atoms with van der Waals surface area (Å²) >= 11 is 0. The molecule has 5 aliphatic rings. The van der Waals surface area contributed by atoms with Crippen LogP contribution in [0.2, 0.25) is 0 Å². The lowest BCUT2D eigenvalue weighted by atomic mass is 9.39. The van der Waals surface area contributed by atoms with E-state index in [0.717, 1.165) is 32.1 Å². The molecular formula is C28H47NO8. The highest BCUT2D eigenvalue weighted by molar-refractivity contribution is 5.63. The van der Waals surface area contributed by atoms with Crippen LogP contribution in [0, 0.1) is 34.5 Å². The van der Waals surface area contributed by atoms with E-state index in [4.69, 9.17) is 28.4 Å². The van der Waals surface area contributed by atoms with Crippen LogP contribution in [0.15, 0.2) is 5.16 Å². The van der Waals surface area contributed by atoms with Crippen molar-refractivity contribution in [2.75, 3.05) is 34.4 Å². The molecule has 0 radical (unpaired) electrons. The van der Waals surface area contributed by atoms with Crippen molar-refractivity contribution in [3.8, 4) is 0 Å². The minimum Gasteiger partial charge on any atom is -0.411 e. The van der Waals surface area contributed by atoms with Crippen LogP contribution in [0.4, 0.5) is 0 Å². The van der Waals surface area contributed by atoms with Crippen molar-refractivity contribution in [1.82, 2.24) is 0 Å². The molecule has 2 N–H and O–H groups in total.